The van der Waals surface area contributed by atoms with Crippen molar-refractivity contribution in [3.8, 4) is 0 Å². The van der Waals surface area contributed by atoms with Gasteiger partial charge < -0.3 is 5.32 Å². The van der Waals surface area contributed by atoms with Crippen LogP contribution in [0.15, 0.2) is 58.6 Å². The van der Waals surface area contributed by atoms with Gasteiger partial charge in [-0.25, -0.2) is 16.8 Å². The van der Waals surface area contributed by atoms with Gasteiger partial charge in [0.15, 0.2) is 9.84 Å². The van der Waals surface area contributed by atoms with Gasteiger partial charge in [-0.15, -0.1) is 0 Å². The van der Waals surface area contributed by atoms with Crippen molar-refractivity contribution < 1.29 is 21.6 Å². The van der Waals surface area contributed by atoms with Crippen molar-refractivity contribution in [3.63, 3.8) is 0 Å². The lowest BCUT2D eigenvalue weighted by molar-refractivity contribution is -0.120. The maximum atomic E-state index is 12.7. The Bertz CT molecular complexity index is 1150. The molecule has 0 unspecified atom stereocenters. The number of hydrogen-bond donors (Lipinski definition) is 1. The third kappa shape index (κ3) is 4.72. The highest BCUT2D eigenvalue weighted by atomic mass is 32.2. The van der Waals surface area contributed by atoms with Crippen molar-refractivity contribution in [2.24, 2.45) is 5.92 Å². The summed E-state index contributed by atoms with van der Waals surface area (Å²) < 4.78 is 52.2. The number of nitrogens with one attached hydrogen (secondary N) is 1. The van der Waals surface area contributed by atoms with Crippen LogP contribution < -0.4 is 5.32 Å². The SMILES string of the molecule is O=C(Nc1ccc(S(=O)(=O)C2CCCC2)cc1)C1CCN(S(=O)(=O)c2cccnc2)CC1. The number of rotatable bonds is 6. The molecule has 1 aromatic heterocycles. The summed E-state index contributed by atoms with van der Waals surface area (Å²) in [6, 6.07) is 9.41. The summed E-state index contributed by atoms with van der Waals surface area (Å²) >= 11 is 0. The molecule has 1 amide bonds. The van der Waals surface area contributed by atoms with E-state index in [0.717, 1.165) is 12.8 Å². The van der Waals surface area contributed by atoms with Gasteiger partial charge in [0.05, 0.1) is 10.1 Å². The second-order valence-corrected chi connectivity index (χ2v) is 12.5. The number of sulfone groups is 1. The first-order valence-electron chi connectivity index (χ1n) is 10.8. The fraction of sp³-hybridized carbons (Fsp3) is 0.455. The molecule has 1 aromatic carbocycles. The number of sulfonamides is 1. The minimum atomic E-state index is -3.61. The third-order valence-corrected chi connectivity index (χ3v) is 10.4. The molecule has 2 heterocycles. The van der Waals surface area contributed by atoms with Crippen LogP contribution in [-0.2, 0) is 24.7 Å². The number of anilines is 1. The highest BCUT2D eigenvalue weighted by molar-refractivity contribution is 7.92. The molecular formula is C22H27N3O5S2. The predicted molar refractivity (Wildman–Crippen MR) is 120 cm³/mol. The quantitative estimate of drug-likeness (QED) is 0.684. The van der Waals surface area contributed by atoms with Crippen LogP contribution in [-0.4, -0.2) is 50.4 Å². The highest BCUT2D eigenvalue weighted by Gasteiger charge is 2.33. The molecule has 2 aliphatic rings. The van der Waals surface area contributed by atoms with Gasteiger partial charge in [0.1, 0.15) is 4.90 Å². The van der Waals surface area contributed by atoms with Gasteiger partial charge in [0, 0.05) is 37.1 Å². The van der Waals surface area contributed by atoms with Crippen LogP contribution in [0.25, 0.3) is 0 Å². The monoisotopic (exact) mass is 477 g/mol. The van der Waals surface area contributed by atoms with Crippen molar-refractivity contribution in [1.82, 2.24) is 9.29 Å². The lowest BCUT2D eigenvalue weighted by Gasteiger charge is -2.30. The number of carbonyl (C=O) groups excluding carboxylic acids is 1. The average molecular weight is 478 g/mol. The fourth-order valence-electron chi connectivity index (χ4n) is 4.37. The van der Waals surface area contributed by atoms with Gasteiger partial charge in [0.25, 0.3) is 0 Å². The van der Waals surface area contributed by atoms with E-state index in [-0.39, 0.29) is 40.0 Å². The first-order chi connectivity index (χ1) is 15.3. The van der Waals surface area contributed by atoms with Crippen molar-refractivity contribution in [2.45, 2.75) is 53.6 Å². The minimum absolute atomic E-state index is 0.149. The summed E-state index contributed by atoms with van der Waals surface area (Å²) in [5.74, 6) is -0.493. The fourth-order valence-corrected chi connectivity index (χ4v) is 7.66. The second-order valence-electron chi connectivity index (χ2n) is 8.33. The van der Waals surface area contributed by atoms with Crippen LogP contribution in [0.1, 0.15) is 38.5 Å². The summed E-state index contributed by atoms with van der Waals surface area (Å²) in [7, 11) is -6.94. The Hall–Kier alpha value is -2.30. The zero-order valence-electron chi connectivity index (χ0n) is 17.7. The van der Waals surface area contributed by atoms with Crippen molar-refractivity contribution in [1.29, 1.82) is 0 Å². The Labute approximate surface area is 189 Å². The number of benzene rings is 1. The zero-order valence-corrected chi connectivity index (χ0v) is 19.3. The second kappa shape index (κ2) is 9.29. The van der Waals surface area contributed by atoms with Gasteiger partial charge in [-0.2, -0.15) is 4.31 Å². The molecule has 1 saturated carbocycles. The smallest absolute Gasteiger partial charge is 0.244 e. The van der Waals surface area contributed by atoms with E-state index in [1.54, 1.807) is 30.3 Å². The van der Waals surface area contributed by atoms with E-state index in [0.29, 0.717) is 31.4 Å². The van der Waals surface area contributed by atoms with Crippen LogP contribution in [0.2, 0.25) is 0 Å². The van der Waals surface area contributed by atoms with E-state index in [1.807, 2.05) is 0 Å². The maximum Gasteiger partial charge on any atom is 0.244 e. The molecule has 0 bridgehead atoms. The molecule has 2 aromatic rings. The molecule has 1 aliphatic carbocycles. The molecule has 0 atom stereocenters. The van der Waals surface area contributed by atoms with E-state index >= 15 is 0 Å². The normalized spacial score (nSPS) is 19.1. The number of pyridine rings is 1. The molecule has 32 heavy (non-hydrogen) atoms. The molecule has 0 radical (unpaired) electrons. The Morgan fingerprint density at radius 3 is 2.16 bits per heavy atom. The van der Waals surface area contributed by atoms with Crippen LogP contribution in [0.4, 0.5) is 5.69 Å². The average Bonchev–Trinajstić information content (AvgIpc) is 3.36. The third-order valence-electron chi connectivity index (χ3n) is 6.29. The van der Waals surface area contributed by atoms with Crippen molar-refractivity contribution in [3.05, 3.63) is 48.8 Å². The highest BCUT2D eigenvalue weighted by Crippen LogP contribution is 2.30. The molecule has 4 rings (SSSR count). The summed E-state index contributed by atoms with van der Waals surface area (Å²) in [5, 5.41) is 2.52. The van der Waals surface area contributed by atoms with Crippen LogP contribution in [0.3, 0.4) is 0 Å². The number of aromatic nitrogens is 1. The Morgan fingerprint density at radius 1 is 0.906 bits per heavy atom. The molecule has 2 fully saturated rings. The van der Waals surface area contributed by atoms with Gasteiger partial charge in [-0.1, -0.05) is 12.8 Å². The number of carbonyl (C=O) groups is 1. The Kier molecular flexibility index (Phi) is 6.64. The van der Waals surface area contributed by atoms with Crippen molar-refractivity contribution in [2.75, 3.05) is 18.4 Å². The summed E-state index contributed by atoms with van der Waals surface area (Å²) in [6.07, 6.45) is 6.97. The molecule has 1 saturated heterocycles. The van der Waals surface area contributed by atoms with E-state index in [1.165, 1.54) is 22.8 Å². The van der Waals surface area contributed by atoms with Crippen LogP contribution >= 0.6 is 0 Å². The lowest BCUT2D eigenvalue weighted by atomic mass is 9.97. The molecule has 172 valence electrons. The number of hydrogen-bond acceptors (Lipinski definition) is 6. The summed E-state index contributed by atoms with van der Waals surface area (Å²) in [5.41, 5.74) is 0.533. The van der Waals surface area contributed by atoms with Crippen LogP contribution in [0.5, 0.6) is 0 Å². The maximum absolute atomic E-state index is 12.7. The van der Waals surface area contributed by atoms with Gasteiger partial charge in [0.2, 0.25) is 15.9 Å². The topological polar surface area (TPSA) is 114 Å². The lowest BCUT2D eigenvalue weighted by Crippen LogP contribution is -2.41. The Balaban J connectivity index is 1.34. The van der Waals surface area contributed by atoms with E-state index in [2.05, 4.69) is 10.3 Å². The number of amides is 1. The van der Waals surface area contributed by atoms with Gasteiger partial charge in [-0.3, -0.25) is 9.78 Å². The molecule has 10 heteroatoms. The van der Waals surface area contributed by atoms with E-state index in [4.69, 9.17) is 0 Å². The molecule has 1 aliphatic heterocycles. The molecular weight excluding hydrogens is 450 g/mol. The largest absolute Gasteiger partial charge is 0.326 e. The molecule has 0 spiro atoms. The first kappa shape index (κ1) is 22.9. The first-order valence-corrected chi connectivity index (χ1v) is 13.8. The van der Waals surface area contributed by atoms with E-state index in [9.17, 15) is 21.6 Å². The minimum Gasteiger partial charge on any atom is -0.326 e. The number of nitrogens with zero attached hydrogens (tertiary/aromatic N) is 2. The van der Waals surface area contributed by atoms with Gasteiger partial charge >= 0.3 is 0 Å². The summed E-state index contributed by atoms with van der Waals surface area (Å²) in [4.78, 5) is 17.0. The van der Waals surface area contributed by atoms with E-state index < -0.39 is 19.9 Å². The Morgan fingerprint density at radius 2 is 1.56 bits per heavy atom. The molecule has 8 nitrogen and oxygen atoms in total. The van der Waals surface area contributed by atoms with Gasteiger partial charge in [-0.05, 0) is 62.1 Å². The summed E-state index contributed by atoms with van der Waals surface area (Å²) in [6.45, 7) is 0.516. The zero-order chi connectivity index (χ0) is 22.8. The van der Waals surface area contributed by atoms with Crippen molar-refractivity contribution >= 4 is 31.5 Å². The molecule has 1 N–H and O–H groups in total. The van der Waals surface area contributed by atoms with Crippen LogP contribution in [0, 0.1) is 5.92 Å². The number of piperidine rings is 1. The predicted octanol–water partition coefficient (Wildman–Crippen LogP) is 2.84. The standard InChI is InChI=1S/C22H27N3O5S2/c26-22(17-11-14-25(15-12-17)32(29,30)21-6-3-13-23-16-21)24-18-7-9-20(10-8-18)31(27,28)19-4-1-2-5-19/h3,6-10,13,16-17,19H,1-2,4-5,11-12,14-15H2,(H,24,26).